The summed E-state index contributed by atoms with van der Waals surface area (Å²) in [4.78, 5) is 39.9. The van der Waals surface area contributed by atoms with E-state index in [9.17, 15) is 19.5 Å². The van der Waals surface area contributed by atoms with Crippen molar-refractivity contribution < 1.29 is 19.5 Å². The maximum atomic E-state index is 13.3. The smallest absolute Gasteiger partial charge is 0.326 e. The topological polar surface area (TPSA) is 86.7 Å². The minimum absolute atomic E-state index is 0.114. The molecule has 0 saturated carbocycles. The summed E-state index contributed by atoms with van der Waals surface area (Å²) in [6, 6.07) is 8.42. The molecule has 0 spiro atoms. The number of carboxylic acid groups (broad SMARTS) is 1. The fourth-order valence-electron chi connectivity index (χ4n) is 4.34. The Morgan fingerprint density at radius 2 is 1.90 bits per heavy atom. The standard InChI is InChI=1S/C23H32N2O4S/c1-23(2,3)16(14-15-8-5-4-6-9-15)20(26)24-17-12-13-30-19-11-7-10-18(22(28)29)25(19)21(17)27/h4-6,8-9,16-19H,7,10-14H2,1-3H3,(H,24,26)(H,28,29). The van der Waals surface area contributed by atoms with Gasteiger partial charge < -0.3 is 15.3 Å². The van der Waals surface area contributed by atoms with Crippen LogP contribution in [0, 0.1) is 11.3 Å². The van der Waals surface area contributed by atoms with Gasteiger partial charge in [0, 0.05) is 5.92 Å². The van der Waals surface area contributed by atoms with Crippen molar-refractivity contribution in [2.75, 3.05) is 5.75 Å². The van der Waals surface area contributed by atoms with Crippen molar-refractivity contribution >= 4 is 29.5 Å². The Balaban J connectivity index is 1.77. The van der Waals surface area contributed by atoms with E-state index in [1.165, 1.54) is 4.90 Å². The molecular weight excluding hydrogens is 400 g/mol. The molecule has 4 atom stereocenters. The third-order valence-corrected chi connectivity index (χ3v) is 7.41. The molecule has 0 aliphatic carbocycles. The molecule has 2 saturated heterocycles. The van der Waals surface area contributed by atoms with Crippen LogP contribution in [0.15, 0.2) is 30.3 Å². The number of carboxylic acids is 1. The average Bonchev–Trinajstić information content (AvgIpc) is 2.85. The lowest BCUT2D eigenvalue weighted by atomic mass is 9.76. The number of carbonyl (C=O) groups excluding carboxylic acids is 2. The monoisotopic (exact) mass is 432 g/mol. The first-order chi connectivity index (χ1) is 14.2. The molecule has 7 heteroatoms. The summed E-state index contributed by atoms with van der Waals surface area (Å²) in [5.41, 5.74) is 0.803. The largest absolute Gasteiger partial charge is 0.480 e. The van der Waals surface area contributed by atoms with Crippen molar-refractivity contribution in [2.45, 2.75) is 70.3 Å². The van der Waals surface area contributed by atoms with Crippen LogP contribution in [-0.4, -0.2) is 51.0 Å². The number of hydrogen-bond acceptors (Lipinski definition) is 4. The Morgan fingerprint density at radius 1 is 1.20 bits per heavy atom. The normalized spacial score (nSPS) is 25.8. The highest BCUT2D eigenvalue weighted by atomic mass is 32.2. The van der Waals surface area contributed by atoms with Crippen LogP contribution in [0.3, 0.4) is 0 Å². The highest BCUT2D eigenvalue weighted by Gasteiger charge is 2.44. The van der Waals surface area contributed by atoms with Gasteiger partial charge in [-0.05, 0) is 48.8 Å². The molecule has 2 N–H and O–H groups in total. The number of nitrogens with one attached hydrogen (secondary N) is 1. The van der Waals surface area contributed by atoms with E-state index in [1.54, 1.807) is 11.8 Å². The van der Waals surface area contributed by atoms with Crippen molar-refractivity contribution in [3.8, 4) is 0 Å². The minimum atomic E-state index is -0.961. The molecule has 0 aromatic heterocycles. The van der Waals surface area contributed by atoms with Crippen molar-refractivity contribution in [2.24, 2.45) is 11.3 Å². The number of aliphatic carboxylic acids is 1. The predicted octanol–water partition coefficient (Wildman–Crippen LogP) is 3.30. The number of amides is 2. The number of thioether (sulfide) groups is 1. The van der Waals surface area contributed by atoms with Crippen LogP contribution in [0.25, 0.3) is 0 Å². The zero-order chi connectivity index (χ0) is 21.9. The molecule has 6 nitrogen and oxygen atoms in total. The highest BCUT2D eigenvalue weighted by molar-refractivity contribution is 7.99. The van der Waals surface area contributed by atoms with E-state index in [0.717, 1.165) is 24.2 Å². The summed E-state index contributed by atoms with van der Waals surface area (Å²) in [7, 11) is 0. The SMILES string of the molecule is CC(C)(C)C(Cc1ccccc1)C(=O)NC1CCSC2CCCC(C(=O)O)N2C1=O. The van der Waals surface area contributed by atoms with Crippen molar-refractivity contribution in [3.05, 3.63) is 35.9 Å². The van der Waals surface area contributed by atoms with Gasteiger partial charge in [-0.15, -0.1) is 11.8 Å². The van der Waals surface area contributed by atoms with Gasteiger partial charge >= 0.3 is 5.97 Å². The predicted molar refractivity (Wildman–Crippen MR) is 118 cm³/mol. The molecule has 2 aliphatic rings. The van der Waals surface area contributed by atoms with Crippen LogP contribution in [0.5, 0.6) is 0 Å². The van der Waals surface area contributed by atoms with E-state index in [1.807, 2.05) is 51.1 Å². The van der Waals surface area contributed by atoms with Gasteiger partial charge in [0.25, 0.3) is 0 Å². The molecule has 4 unspecified atom stereocenters. The fourth-order valence-corrected chi connectivity index (χ4v) is 5.73. The van der Waals surface area contributed by atoms with Crippen LogP contribution in [0.2, 0.25) is 0 Å². The van der Waals surface area contributed by atoms with Crippen molar-refractivity contribution in [1.29, 1.82) is 0 Å². The quantitative estimate of drug-likeness (QED) is 0.746. The van der Waals surface area contributed by atoms with E-state index in [2.05, 4.69) is 5.32 Å². The summed E-state index contributed by atoms with van der Waals surface area (Å²) in [6.07, 6.45) is 3.20. The Bertz CT molecular complexity index is 777. The molecule has 164 valence electrons. The highest BCUT2D eigenvalue weighted by Crippen LogP contribution is 2.35. The van der Waals surface area contributed by atoms with Gasteiger partial charge in [-0.25, -0.2) is 4.79 Å². The van der Waals surface area contributed by atoms with E-state index in [0.29, 0.717) is 19.3 Å². The molecule has 3 rings (SSSR count). The molecule has 1 aromatic rings. The minimum Gasteiger partial charge on any atom is -0.480 e. The number of carbonyl (C=O) groups is 3. The molecule has 0 radical (unpaired) electrons. The summed E-state index contributed by atoms with van der Waals surface area (Å²) in [5.74, 6) is -0.925. The van der Waals surface area contributed by atoms with Gasteiger partial charge in [-0.1, -0.05) is 51.1 Å². The van der Waals surface area contributed by atoms with Gasteiger partial charge in [-0.3, -0.25) is 9.59 Å². The van der Waals surface area contributed by atoms with Crippen LogP contribution >= 0.6 is 11.8 Å². The number of fused-ring (bicyclic) bond motifs is 1. The number of piperidine rings is 1. The average molecular weight is 433 g/mol. The zero-order valence-electron chi connectivity index (χ0n) is 18.0. The Labute approximate surface area is 182 Å². The lowest BCUT2D eigenvalue weighted by molar-refractivity contribution is -0.154. The van der Waals surface area contributed by atoms with Gasteiger partial charge in [0.1, 0.15) is 12.1 Å². The lowest BCUT2D eigenvalue weighted by Crippen LogP contribution is -2.58. The van der Waals surface area contributed by atoms with Crippen molar-refractivity contribution in [1.82, 2.24) is 10.2 Å². The Morgan fingerprint density at radius 3 is 2.53 bits per heavy atom. The van der Waals surface area contributed by atoms with Crippen LogP contribution in [-0.2, 0) is 20.8 Å². The summed E-state index contributed by atoms with van der Waals surface area (Å²) < 4.78 is 0. The molecule has 1 aromatic carbocycles. The fraction of sp³-hybridized carbons (Fsp3) is 0.609. The number of benzene rings is 1. The lowest BCUT2D eigenvalue weighted by Gasteiger charge is -2.39. The molecule has 30 heavy (non-hydrogen) atoms. The molecule has 2 amide bonds. The number of rotatable bonds is 5. The maximum absolute atomic E-state index is 13.3. The van der Waals surface area contributed by atoms with Gasteiger partial charge in [-0.2, -0.15) is 0 Å². The second-order valence-electron chi connectivity index (χ2n) is 9.31. The summed E-state index contributed by atoms with van der Waals surface area (Å²) >= 11 is 1.63. The molecule has 0 bridgehead atoms. The van der Waals surface area contributed by atoms with E-state index in [4.69, 9.17) is 0 Å². The zero-order valence-corrected chi connectivity index (χ0v) is 18.8. The van der Waals surface area contributed by atoms with Crippen molar-refractivity contribution in [3.63, 3.8) is 0 Å². The molecule has 2 fully saturated rings. The van der Waals surface area contributed by atoms with Gasteiger partial charge in [0.2, 0.25) is 11.8 Å². The molecule has 2 heterocycles. The van der Waals surface area contributed by atoms with E-state index >= 15 is 0 Å². The first kappa shape index (κ1) is 22.7. The number of nitrogens with zero attached hydrogens (tertiary/aromatic N) is 1. The van der Waals surface area contributed by atoms with Gasteiger partial charge in [0.15, 0.2) is 0 Å². The van der Waals surface area contributed by atoms with Crippen LogP contribution in [0.4, 0.5) is 0 Å². The second kappa shape index (κ2) is 9.41. The first-order valence-electron chi connectivity index (χ1n) is 10.7. The summed E-state index contributed by atoms with van der Waals surface area (Å²) in [6.45, 7) is 6.10. The van der Waals surface area contributed by atoms with E-state index < -0.39 is 18.1 Å². The maximum Gasteiger partial charge on any atom is 0.326 e. The van der Waals surface area contributed by atoms with Gasteiger partial charge in [0.05, 0.1) is 5.37 Å². The third kappa shape index (κ3) is 5.17. The Hall–Kier alpha value is -2.02. The molecular formula is C23H32N2O4S. The van der Waals surface area contributed by atoms with Crippen LogP contribution < -0.4 is 5.32 Å². The number of hydrogen-bond donors (Lipinski definition) is 2. The summed E-state index contributed by atoms with van der Waals surface area (Å²) in [5, 5.41) is 12.5. The Kier molecular flexibility index (Phi) is 7.11. The first-order valence-corrected chi connectivity index (χ1v) is 11.7. The third-order valence-electron chi connectivity index (χ3n) is 6.09. The molecule has 2 aliphatic heterocycles. The second-order valence-corrected chi connectivity index (χ2v) is 10.6. The van der Waals surface area contributed by atoms with Crippen LogP contribution in [0.1, 0.15) is 52.0 Å². The van der Waals surface area contributed by atoms with E-state index in [-0.39, 0.29) is 28.5 Å².